The number of imidazole rings is 1. The van der Waals surface area contributed by atoms with Crippen molar-refractivity contribution in [2.45, 2.75) is 19.9 Å². The van der Waals surface area contributed by atoms with Gasteiger partial charge in [0.05, 0.1) is 11.7 Å². The van der Waals surface area contributed by atoms with E-state index in [0.717, 1.165) is 16.9 Å². The number of hydrogen-bond acceptors (Lipinski definition) is 3. The number of pyridine rings is 1. The van der Waals surface area contributed by atoms with Crippen molar-refractivity contribution < 1.29 is 4.79 Å². The monoisotopic (exact) mass is 351 g/mol. The highest BCUT2D eigenvalue weighted by molar-refractivity contribution is 5.89. The van der Waals surface area contributed by atoms with Gasteiger partial charge in [0.25, 0.3) is 0 Å². The summed E-state index contributed by atoms with van der Waals surface area (Å²) in [6.07, 6.45) is 5.47. The van der Waals surface area contributed by atoms with E-state index in [9.17, 15) is 4.79 Å². The molecule has 2 heterocycles. The van der Waals surface area contributed by atoms with Crippen molar-refractivity contribution in [2.75, 3.05) is 26.0 Å². The van der Waals surface area contributed by atoms with Crippen molar-refractivity contribution in [3.8, 4) is 0 Å². The van der Waals surface area contributed by atoms with Gasteiger partial charge in [-0.2, -0.15) is 0 Å². The van der Waals surface area contributed by atoms with Gasteiger partial charge in [0, 0.05) is 25.1 Å². The van der Waals surface area contributed by atoms with Crippen LogP contribution in [-0.4, -0.2) is 41.0 Å². The zero-order valence-electron chi connectivity index (χ0n) is 15.7. The molecule has 0 spiro atoms. The van der Waals surface area contributed by atoms with Crippen LogP contribution in [0.4, 0.5) is 10.5 Å². The highest BCUT2D eigenvalue weighted by Crippen LogP contribution is 2.18. The molecule has 6 heteroatoms. The van der Waals surface area contributed by atoms with Gasteiger partial charge < -0.3 is 19.9 Å². The lowest BCUT2D eigenvalue weighted by molar-refractivity contribution is 0.243. The predicted molar refractivity (Wildman–Crippen MR) is 105 cm³/mol. The summed E-state index contributed by atoms with van der Waals surface area (Å²) in [4.78, 5) is 18.7. The van der Waals surface area contributed by atoms with E-state index in [1.165, 1.54) is 11.1 Å². The molecule has 3 aromatic rings. The van der Waals surface area contributed by atoms with E-state index in [-0.39, 0.29) is 12.1 Å². The summed E-state index contributed by atoms with van der Waals surface area (Å²) in [6, 6.07) is 10.2. The Morgan fingerprint density at radius 1 is 1.23 bits per heavy atom. The van der Waals surface area contributed by atoms with Crippen molar-refractivity contribution in [1.29, 1.82) is 0 Å². The fraction of sp³-hybridized carbons (Fsp3) is 0.300. The van der Waals surface area contributed by atoms with Crippen LogP contribution < -0.4 is 10.6 Å². The zero-order valence-corrected chi connectivity index (χ0v) is 15.7. The maximum absolute atomic E-state index is 12.3. The lowest BCUT2D eigenvalue weighted by Crippen LogP contribution is -2.36. The first kappa shape index (κ1) is 17.9. The molecule has 0 radical (unpaired) electrons. The number of aryl methyl sites for hydroxylation is 2. The van der Waals surface area contributed by atoms with Crippen LogP contribution in [0.1, 0.15) is 22.7 Å². The van der Waals surface area contributed by atoms with E-state index >= 15 is 0 Å². The molecule has 0 aliphatic heterocycles. The third kappa shape index (κ3) is 4.03. The van der Waals surface area contributed by atoms with E-state index in [2.05, 4.69) is 51.7 Å². The van der Waals surface area contributed by atoms with Gasteiger partial charge in [-0.3, -0.25) is 0 Å². The molecule has 0 aliphatic carbocycles. The molecule has 1 aromatic carbocycles. The second-order valence-corrected chi connectivity index (χ2v) is 6.80. The number of carbonyl (C=O) groups excluding carboxylic acids is 1. The number of nitrogens with one attached hydrogen (secondary N) is 2. The van der Waals surface area contributed by atoms with Crippen LogP contribution in [0, 0.1) is 13.8 Å². The van der Waals surface area contributed by atoms with Gasteiger partial charge >= 0.3 is 6.03 Å². The maximum atomic E-state index is 12.3. The first-order chi connectivity index (χ1) is 12.4. The molecule has 2 aromatic heterocycles. The van der Waals surface area contributed by atoms with Gasteiger partial charge in [-0.05, 0) is 45.1 Å². The number of hydrogen-bond donors (Lipinski definition) is 2. The summed E-state index contributed by atoms with van der Waals surface area (Å²) in [5.74, 6) is 0. The van der Waals surface area contributed by atoms with Gasteiger partial charge in [-0.25, -0.2) is 9.78 Å². The molecule has 0 fully saturated rings. The highest BCUT2D eigenvalue weighted by atomic mass is 16.2. The molecule has 6 nitrogen and oxygen atoms in total. The molecule has 1 atom stereocenters. The molecule has 26 heavy (non-hydrogen) atoms. The number of benzene rings is 1. The average molecular weight is 351 g/mol. The number of anilines is 1. The largest absolute Gasteiger partial charge is 0.336 e. The molecular formula is C20H25N5O. The Kier molecular flexibility index (Phi) is 5.23. The highest BCUT2D eigenvalue weighted by Gasteiger charge is 2.15. The number of amides is 2. The van der Waals surface area contributed by atoms with Gasteiger partial charge in [0.15, 0.2) is 0 Å². The molecule has 0 saturated carbocycles. The fourth-order valence-electron chi connectivity index (χ4n) is 3.03. The van der Waals surface area contributed by atoms with Crippen molar-refractivity contribution in [3.05, 3.63) is 65.6 Å². The number of aromatic nitrogens is 2. The van der Waals surface area contributed by atoms with E-state index in [4.69, 9.17) is 0 Å². The van der Waals surface area contributed by atoms with Gasteiger partial charge in [-0.1, -0.05) is 29.8 Å². The van der Waals surface area contributed by atoms with Crippen molar-refractivity contribution in [1.82, 2.24) is 19.6 Å². The summed E-state index contributed by atoms with van der Waals surface area (Å²) in [6.45, 7) is 4.57. The molecule has 3 rings (SSSR count). The minimum atomic E-state index is -0.220. The number of likely N-dealkylation sites (N-methyl/N-ethyl adjacent to an activating group) is 1. The molecule has 1 unspecified atom stereocenters. The van der Waals surface area contributed by atoms with Crippen LogP contribution in [0.25, 0.3) is 5.65 Å². The Morgan fingerprint density at radius 3 is 2.65 bits per heavy atom. The van der Waals surface area contributed by atoms with Crippen molar-refractivity contribution >= 4 is 17.4 Å². The summed E-state index contributed by atoms with van der Waals surface area (Å²) in [7, 11) is 4.03. The average Bonchev–Trinajstić information content (AvgIpc) is 3.05. The first-order valence-corrected chi connectivity index (χ1v) is 8.65. The molecule has 0 aliphatic rings. The molecule has 136 valence electrons. The molecule has 2 amide bonds. The number of urea groups is 1. The molecule has 0 saturated heterocycles. The number of carbonyl (C=O) groups is 1. The summed E-state index contributed by atoms with van der Waals surface area (Å²) >= 11 is 0. The lowest BCUT2D eigenvalue weighted by atomic mass is 10.0. The SMILES string of the molecule is Cc1ccc(C(CNC(=O)Nc2cc(C)c3nccn3c2)N(C)C)cc1. The second-order valence-electron chi connectivity index (χ2n) is 6.80. The van der Waals surface area contributed by atoms with Gasteiger partial charge in [0.1, 0.15) is 5.65 Å². The lowest BCUT2D eigenvalue weighted by Gasteiger charge is -2.25. The third-order valence-corrected chi connectivity index (χ3v) is 4.47. The van der Waals surface area contributed by atoms with E-state index in [1.807, 2.05) is 43.9 Å². The van der Waals surface area contributed by atoms with Crippen LogP contribution >= 0.6 is 0 Å². The third-order valence-electron chi connectivity index (χ3n) is 4.47. The van der Waals surface area contributed by atoms with Crippen LogP contribution in [0.2, 0.25) is 0 Å². The molecular weight excluding hydrogens is 326 g/mol. The predicted octanol–water partition coefficient (Wildman–Crippen LogP) is 3.38. The Morgan fingerprint density at radius 2 is 1.96 bits per heavy atom. The minimum Gasteiger partial charge on any atom is -0.336 e. The van der Waals surface area contributed by atoms with Gasteiger partial charge in [0.2, 0.25) is 0 Å². The Balaban J connectivity index is 1.65. The van der Waals surface area contributed by atoms with Crippen LogP contribution in [0.3, 0.4) is 0 Å². The first-order valence-electron chi connectivity index (χ1n) is 8.65. The van der Waals surface area contributed by atoms with E-state index < -0.39 is 0 Å². The van der Waals surface area contributed by atoms with Crippen LogP contribution in [0.15, 0.2) is 48.9 Å². The molecule has 2 N–H and O–H groups in total. The summed E-state index contributed by atoms with van der Waals surface area (Å²) in [5.41, 5.74) is 5.04. The fourth-order valence-corrected chi connectivity index (χ4v) is 3.03. The smallest absolute Gasteiger partial charge is 0.319 e. The Bertz CT molecular complexity index is 898. The quantitative estimate of drug-likeness (QED) is 0.741. The molecule has 0 bridgehead atoms. The van der Waals surface area contributed by atoms with Crippen molar-refractivity contribution in [3.63, 3.8) is 0 Å². The van der Waals surface area contributed by atoms with Crippen molar-refractivity contribution in [2.24, 2.45) is 0 Å². The second kappa shape index (κ2) is 7.58. The Labute approximate surface area is 153 Å². The normalized spacial score (nSPS) is 12.3. The van der Waals surface area contributed by atoms with Crippen LogP contribution in [-0.2, 0) is 0 Å². The Hall–Kier alpha value is -2.86. The summed E-state index contributed by atoms with van der Waals surface area (Å²) in [5, 5.41) is 5.87. The topological polar surface area (TPSA) is 61.7 Å². The van der Waals surface area contributed by atoms with Gasteiger partial charge in [-0.15, -0.1) is 0 Å². The summed E-state index contributed by atoms with van der Waals surface area (Å²) < 4.78 is 1.90. The number of nitrogens with zero attached hydrogens (tertiary/aromatic N) is 3. The zero-order chi connectivity index (χ0) is 18.7. The maximum Gasteiger partial charge on any atom is 0.319 e. The minimum absolute atomic E-state index is 0.110. The van der Waals surface area contributed by atoms with E-state index in [0.29, 0.717) is 6.54 Å². The van der Waals surface area contributed by atoms with Crippen LogP contribution in [0.5, 0.6) is 0 Å². The number of fused-ring (bicyclic) bond motifs is 1. The van der Waals surface area contributed by atoms with E-state index in [1.54, 1.807) is 6.20 Å². The standard InChI is InChI=1S/C20H25N5O/c1-14-5-7-16(8-6-14)18(24(3)4)12-22-20(26)23-17-11-15(2)19-21-9-10-25(19)13-17/h5-11,13,18H,12H2,1-4H3,(H2,22,23,26). The number of rotatable bonds is 5.